The molecular weight excluding hydrogens is 322 g/mol. The number of rotatable bonds is 5. The lowest BCUT2D eigenvalue weighted by molar-refractivity contribution is -0.383. The van der Waals surface area contributed by atoms with Gasteiger partial charge in [0.2, 0.25) is 11.6 Å². The summed E-state index contributed by atoms with van der Waals surface area (Å²) in [6, 6.07) is 9.40. The van der Waals surface area contributed by atoms with Crippen LogP contribution in [0.5, 0.6) is 0 Å². The number of hydrazine groups is 1. The van der Waals surface area contributed by atoms with Crippen LogP contribution in [-0.2, 0) is 0 Å². The highest BCUT2D eigenvalue weighted by molar-refractivity contribution is 5.74. The van der Waals surface area contributed by atoms with Crippen LogP contribution in [0.25, 0.3) is 0 Å². The number of nitrogens with zero attached hydrogens (tertiary/aromatic N) is 6. The SMILES string of the molecule is CN1CCN(Nc2ncnc(N(C)c3ccccc3)c2[N+](=O)[O-])CC1. The zero-order chi connectivity index (χ0) is 17.8. The Morgan fingerprint density at radius 2 is 1.84 bits per heavy atom. The lowest BCUT2D eigenvalue weighted by Crippen LogP contribution is -2.47. The summed E-state index contributed by atoms with van der Waals surface area (Å²) in [4.78, 5) is 23.4. The minimum absolute atomic E-state index is 0.132. The predicted octanol–water partition coefficient (Wildman–Crippen LogP) is 1.73. The largest absolute Gasteiger partial charge is 0.355 e. The highest BCUT2D eigenvalue weighted by Gasteiger charge is 2.27. The summed E-state index contributed by atoms with van der Waals surface area (Å²) in [5.41, 5.74) is 3.77. The molecule has 1 saturated heterocycles. The third-order valence-electron chi connectivity index (χ3n) is 4.21. The van der Waals surface area contributed by atoms with Crippen molar-refractivity contribution < 1.29 is 4.92 Å². The highest BCUT2D eigenvalue weighted by atomic mass is 16.6. The topological polar surface area (TPSA) is 90.7 Å². The zero-order valence-corrected chi connectivity index (χ0v) is 14.3. The van der Waals surface area contributed by atoms with Crippen LogP contribution in [0.15, 0.2) is 36.7 Å². The average molecular weight is 343 g/mol. The molecule has 1 fully saturated rings. The lowest BCUT2D eigenvalue weighted by atomic mass is 10.3. The van der Waals surface area contributed by atoms with Crippen molar-refractivity contribution in [2.45, 2.75) is 0 Å². The van der Waals surface area contributed by atoms with Crippen LogP contribution < -0.4 is 10.3 Å². The van der Waals surface area contributed by atoms with Crippen LogP contribution in [0.3, 0.4) is 0 Å². The fraction of sp³-hybridized carbons (Fsp3) is 0.375. The molecule has 2 heterocycles. The van der Waals surface area contributed by atoms with Crippen LogP contribution >= 0.6 is 0 Å². The van der Waals surface area contributed by atoms with Gasteiger partial charge in [-0.15, -0.1) is 0 Å². The molecule has 1 aliphatic heterocycles. The first-order valence-corrected chi connectivity index (χ1v) is 8.04. The van der Waals surface area contributed by atoms with E-state index in [1.165, 1.54) is 6.33 Å². The van der Waals surface area contributed by atoms with Gasteiger partial charge in [-0.2, -0.15) is 0 Å². The van der Waals surface area contributed by atoms with E-state index in [4.69, 9.17) is 0 Å². The molecule has 25 heavy (non-hydrogen) atoms. The molecule has 9 heteroatoms. The van der Waals surface area contributed by atoms with Crippen LogP contribution in [-0.4, -0.2) is 65.1 Å². The Morgan fingerprint density at radius 1 is 1.16 bits per heavy atom. The number of likely N-dealkylation sites (N-methyl/N-ethyl adjacent to an activating group) is 1. The molecular formula is C16H21N7O2. The van der Waals surface area contributed by atoms with Gasteiger partial charge in [0.1, 0.15) is 6.33 Å². The molecule has 3 rings (SSSR count). The van der Waals surface area contributed by atoms with Crippen molar-refractivity contribution in [3.8, 4) is 0 Å². The van der Waals surface area contributed by atoms with E-state index in [9.17, 15) is 10.1 Å². The van der Waals surface area contributed by atoms with Crippen molar-refractivity contribution in [2.24, 2.45) is 0 Å². The molecule has 0 saturated carbocycles. The fourth-order valence-electron chi connectivity index (χ4n) is 2.71. The quantitative estimate of drug-likeness (QED) is 0.648. The zero-order valence-electron chi connectivity index (χ0n) is 14.3. The Kier molecular flexibility index (Phi) is 5.05. The van der Waals surface area contributed by atoms with Crippen molar-refractivity contribution in [1.82, 2.24) is 19.9 Å². The van der Waals surface area contributed by atoms with E-state index in [0.29, 0.717) is 0 Å². The van der Waals surface area contributed by atoms with Crippen molar-refractivity contribution in [2.75, 3.05) is 50.6 Å². The van der Waals surface area contributed by atoms with Gasteiger partial charge in [0.25, 0.3) is 0 Å². The highest BCUT2D eigenvalue weighted by Crippen LogP contribution is 2.34. The van der Waals surface area contributed by atoms with Crippen LogP contribution in [0, 0.1) is 10.1 Å². The standard InChI is InChI=1S/C16H21N7O2/c1-20-8-10-22(11-9-20)19-15-14(23(24)25)16(18-12-17-15)21(2)13-6-4-3-5-7-13/h3-7,12H,8-11H2,1-2H3,(H,17,18,19). The number of aromatic nitrogens is 2. The molecule has 0 unspecified atom stereocenters. The Balaban J connectivity index is 1.90. The van der Waals surface area contributed by atoms with Crippen molar-refractivity contribution in [3.05, 3.63) is 46.8 Å². The normalized spacial score (nSPS) is 15.8. The Bertz CT molecular complexity index is 733. The predicted molar refractivity (Wildman–Crippen MR) is 95.9 cm³/mol. The number of benzene rings is 1. The van der Waals surface area contributed by atoms with Crippen molar-refractivity contribution in [1.29, 1.82) is 0 Å². The van der Waals surface area contributed by atoms with Gasteiger partial charge in [-0.1, -0.05) is 18.2 Å². The van der Waals surface area contributed by atoms with E-state index < -0.39 is 4.92 Å². The summed E-state index contributed by atoms with van der Waals surface area (Å²) in [6.07, 6.45) is 1.35. The number of anilines is 3. The maximum atomic E-state index is 11.7. The van der Waals surface area contributed by atoms with Crippen molar-refractivity contribution in [3.63, 3.8) is 0 Å². The Morgan fingerprint density at radius 3 is 2.48 bits per heavy atom. The van der Waals surface area contributed by atoms with Crippen LogP contribution in [0.1, 0.15) is 0 Å². The molecule has 0 amide bonds. The molecule has 0 spiro atoms. The minimum Gasteiger partial charge on any atom is -0.324 e. The van der Waals surface area contributed by atoms with E-state index in [-0.39, 0.29) is 17.3 Å². The summed E-state index contributed by atoms with van der Waals surface area (Å²) in [7, 11) is 3.81. The molecule has 2 aromatic rings. The molecule has 9 nitrogen and oxygen atoms in total. The second-order valence-corrected chi connectivity index (χ2v) is 5.95. The van der Waals surface area contributed by atoms with Crippen LogP contribution in [0.4, 0.5) is 23.0 Å². The fourth-order valence-corrected chi connectivity index (χ4v) is 2.71. The van der Waals surface area contributed by atoms with Gasteiger partial charge in [0.05, 0.1) is 4.92 Å². The number of nitro groups is 1. The molecule has 1 aliphatic rings. The molecule has 0 aliphatic carbocycles. The second kappa shape index (κ2) is 7.41. The number of hydrogen-bond donors (Lipinski definition) is 1. The minimum atomic E-state index is -0.437. The molecule has 132 valence electrons. The van der Waals surface area contributed by atoms with Gasteiger partial charge < -0.3 is 9.80 Å². The number of para-hydroxylation sites is 1. The summed E-state index contributed by atoms with van der Waals surface area (Å²) in [5.74, 6) is 0.463. The first-order valence-electron chi connectivity index (χ1n) is 8.04. The number of piperazine rings is 1. The number of hydrogen-bond acceptors (Lipinski definition) is 8. The van der Waals surface area contributed by atoms with Gasteiger partial charge in [0.15, 0.2) is 0 Å². The van der Waals surface area contributed by atoms with Gasteiger partial charge in [-0.25, -0.2) is 15.0 Å². The van der Waals surface area contributed by atoms with E-state index >= 15 is 0 Å². The average Bonchev–Trinajstić information content (AvgIpc) is 2.63. The molecule has 1 aromatic carbocycles. The number of nitrogens with one attached hydrogen (secondary N) is 1. The molecule has 0 bridgehead atoms. The third-order valence-corrected chi connectivity index (χ3v) is 4.21. The van der Waals surface area contributed by atoms with E-state index in [1.807, 2.05) is 35.3 Å². The summed E-state index contributed by atoms with van der Waals surface area (Å²) in [5, 5.41) is 13.7. The third kappa shape index (κ3) is 3.83. The smallest absolute Gasteiger partial charge is 0.324 e. The van der Waals surface area contributed by atoms with Gasteiger partial charge in [-0.05, 0) is 19.2 Å². The molecule has 1 aromatic heterocycles. The molecule has 0 radical (unpaired) electrons. The summed E-state index contributed by atoms with van der Waals surface area (Å²) >= 11 is 0. The summed E-state index contributed by atoms with van der Waals surface area (Å²) < 4.78 is 0. The van der Waals surface area contributed by atoms with Crippen molar-refractivity contribution >= 4 is 23.0 Å². The van der Waals surface area contributed by atoms with E-state index in [0.717, 1.165) is 31.9 Å². The molecule has 0 atom stereocenters. The van der Waals surface area contributed by atoms with Gasteiger partial charge >= 0.3 is 5.69 Å². The first kappa shape index (κ1) is 17.1. The van der Waals surface area contributed by atoms with E-state index in [2.05, 4.69) is 27.3 Å². The molecule has 1 N–H and O–H groups in total. The second-order valence-electron chi connectivity index (χ2n) is 5.95. The first-order chi connectivity index (χ1) is 12.1. The maximum absolute atomic E-state index is 11.7. The maximum Gasteiger partial charge on any atom is 0.355 e. The Hall–Kier alpha value is -2.78. The van der Waals surface area contributed by atoms with Gasteiger partial charge in [0, 0.05) is 38.9 Å². The van der Waals surface area contributed by atoms with Crippen LogP contribution in [0.2, 0.25) is 0 Å². The summed E-state index contributed by atoms with van der Waals surface area (Å²) in [6.45, 7) is 3.31. The van der Waals surface area contributed by atoms with E-state index in [1.54, 1.807) is 11.9 Å². The van der Waals surface area contributed by atoms with Gasteiger partial charge in [-0.3, -0.25) is 15.5 Å². The Labute approximate surface area is 146 Å². The monoisotopic (exact) mass is 343 g/mol. The lowest BCUT2D eigenvalue weighted by Gasteiger charge is -2.32.